The number of methoxy groups -OCH3 is 1. The zero-order valence-electron chi connectivity index (χ0n) is 17.1. The predicted molar refractivity (Wildman–Crippen MR) is 110 cm³/mol. The molecule has 4 rings (SSSR count). The highest BCUT2D eigenvalue weighted by Gasteiger charge is 2.50. The minimum absolute atomic E-state index is 0.0519. The number of nitrogens with zero attached hydrogens (tertiary/aromatic N) is 3. The maximum atomic E-state index is 13.2. The summed E-state index contributed by atoms with van der Waals surface area (Å²) in [6, 6.07) is 7.46. The van der Waals surface area contributed by atoms with Gasteiger partial charge in [-0.15, -0.1) is 0 Å². The minimum atomic E-state index is -0.482. The van der Waals surface area contributed by atoms with Crippen molar-refractivity contribution in [1.82, 2.24) is 15.2 Å². The first-order valence-electron chi connectivity index (χ1n) is 10.5. The molecule has 3 atom stereocenters. The number of rotatable bonds is 6. The van der Waals surface area contributed by atoms with Crippen molar-refractivity contribution in [3.05, 3.63) is 24.3 Å². The lowest BCUT2D eigenvalue weighted by Gasteiger charge is -2.51. The average molecular weight is 399 g/mol. The zero-order chi connectivity index (χ0) is 20.4. The van der Waals surface area contributed by atoms with Crippen molar-refractivity contribution in [3.8, 4) is 5.75 Å². The molecule has 29 heavy (non-hydrogen) atoms. The summed E-state index contributed by atoms with van der Waals surface area (Å²) in [5.41, 5.74) is 3.71. The van der Waals surface area contributed by atoms with Gasteiger partial charge in [-0.2, -0.15) is 5.10 Å². The van der Waals surface area contributed by atoms with Crippen molar-refractivity contribution >= 4 is 23.3 Å². The molecule has 156 valence electrons. The van der Waals surface area contributed by atoms with Crippen molar-refractivity contribution in [3.63, 3.8) is 0 Å². The van der Waals surface area contributed by atoms with E-state index in [2.05, 4.69) is 27.7 Å². The standard InChI is InChI=1S/C21H29N5O3/c1-3-6-18-23-24-20-21(28)25(16-7-4-5-8-17(16)26(18)20)13-19(27)22-14-9-11-15(29-2)12-10-14/h9-12,16-17,20,24H,3-8,13H2,1-2H3,(H,22,27). The molecule has 8 heteroatoms. The van der Waals surface area contributed by atoms with Crippen molar-refractivity contribution in [2.24, 2.45) is 5.10 Å². The first-order valence-corrected chi connectivity index (χ1v) is 10.5. The van der Waals surface area contributed by atoms with Crippen LogP contribution in [0.1, 0.15) is 45.4 Å². The van der Waals surface area contributed by atoms with Gasteiger partial charge < -0.3 is 19.9 Å². The number of carbonyl (C=O) groups excluding carboxylic acids is 2. The van der Waals surface area contributed by atoms with Crippen molar-refractivity contribution < 1.29 is 14.3 Å². The third-order valence-corrected chi connectivity index (χ3v) is 6.02. The Morgan fingerprint density at radius 1 is 1.24 bits per heavy atom. The Kier molecular flexibility index (Phi) is 5.60. The highest BCUT2D eigenvalue weighted by Crippen LogP contribution is 2.35. The van der Waals surface area contributed by atoms with Gasteiger partial charge in [-0.1, -0.05) is 19.8 Å². The van der Waals surface area contributed by atoms with Gasteiger partial charge in [-0.25, -0.2) is 0 Å². The van der Waals surface area contributed by atoms with Crippen LogP contribution in [-0.2, 0) is 9.59 Å². The molecule has 2 amide bonds. The lowest BCUT2D eigenvalue weighted by molar-refractivity contribution is -0.151. The molecular weight excluding hydrogens is 370 g/mol. The van der Waals surface area contributed by atoms with E-state index in [9.17, 15) is 9.59 Å². The summed E-state index contributed by atoms with van der Waals surface area (Å²) in [6.45, 7) is 2.18. The van der Waals surface area contributed by atoms with E-state index in [1.165, 1.54) is 0 Å². The number of fused-ring (bicyclic) bond motifs is 3. The Hall–Kier alpha value is -2.77. The summed E-state index contributed by atoms with van der Waals surface area (Å²) < 4.78 is 5.15. The number of nitrogens with one attached hydrogen (secondary N) is 2. The van der Waals surface area contributed by atoms with E-state index in [4.69, 9.17) is 4.74 Å². The third-order valence-electron chi connectivity index (χ3n) is 6.02. The molecule has 2 aliphatic heterocycles. The highest BCUT2D eigenvalue weighted by atomic mass is 16.5. The maximum absolute atomic E-state index is 13.2. The van der Waals surface area contributed by atoms with Crippen molar-refractivity contribution in [2.75, 3.05) is 19.0 Å². The number of amides is 2. The van der Waals surface area contributed by atoms with Crippen LogP contribution < -0.4 is 15.5 Å². The van der Waals surface area contributed by atoms with E-state index < -0.39 is 6.17 Å². The predicted octanol–water partition coefficient (Wildman–Crippen LogP) is 2.13. The molecule has 2 fully saturated rings. The van der Waals surface area contributed by atoms with E-state index in [0.717, 1.165) is 50.1 Å². The summed E-state index contributed by atoms with van der Waals surface area (Å²) in [5, 5.41) is 7.34. The molecular formula is C21H29N5O3. The Bertz CT molecular complexity index is 794. The van der Waals surface area contributed by atoms with Gasteiger partial charge in [-0.05, 0) is 43.5 Å². The summed E-state index contributed by atoms with van der Waals surface area (Å²) >= 11 is 0. The molecule has 0 aromatic heterocycles. The minimum Gasteiger partial charge on any atom is -0.497 e. The summed E-state index contributed by atoms with van der Waals surface area (Å²) in [4.78, 5) is 29.9. The van der Waals surface area contributed by atoms with Crippen LogP contribution in [-0.4, -0.2) is 59.4 Å². The number of amidine groups is 1. The third kappa shape index (κ3) is 3.75. The lowest BCUT2D eigenvalue weighted by Crippen LogP contribution is -2.69. The van der Waals surface area contributed by atoms with Crippen LogP contribution in [0.25, 0.3) is 0 Å². The zero-order valence-corrected chi connectivity index (χ0v) is 17.1. The number of piperazine rings is 1. The molecule has 1 aromatic carbocycles. The molecule has 3 aliphatic rings. The van der Waals surface area contributed by atoms with E-state index in [1.807, 2.05) is 0 Å². The van der Waals surface area contributed by atoms with Gasteiger partial charge in [0, 0.05) is 12.1 Å². The number of carbonyl (C=O) groups is 2. The van der Waals surface area contributed by atoms with Gasteiger partial charge in [0.2, 0.25) is 5.91 Å². The van der Waals surface area contributed by atoms with Crippen molar-refractivity contribution in [2.45, 2.75) is 63.7 Å². The van der Waals surface area contributed by atoms with Gasteiger partial charge >= 0.3 is 0 Å². The quantitative estimate of drug-likeness (QED) is 0.765. The van der Waals surface area contributed by atoms with Crippen LogP contribution in [0.5, 0.6) is 5.75 Å². The Morgan fingerprint density at radius 2 is 1.97 bits per heavy atom. The number of hydrazone groups is 1. The van der Waals surface area contributed by atoms with Gasteiger partial charge in [-0.3, -0.25) is 15.0 Å². The first kappa shape index (κ1) is 19.5. The van der Waals surface area contributed by atoms with Gasteiger partial charge in [0.25, 0.3) is 5.91 Å². The first-order chi connectivity index (χ1) is 14.1. The Labute approximate surface area is 171 Å². The van der Waals surface area contributed by atoms with Crippen LogP contribution in [0, 0.1) is 0 Å². The number of hydrogen-bond acceptors (Lipinski definition) is 6. The summed E-state index contributed by atoms with van der Waals surface area (Å²) in [6.07, 6.45) is 5.54. The number of anilines is 1. The second kappa shape index (κ2) is 8.31. The fraction of sp³-hybridized carbons (Fsp3) is 0.571. The van der Waals surface area contributed by atoms with Crippen LogP contribution in [0.3, 0.4) is 0 Å². The maximum Gasteiger partial charge on any atom is 0.268 e. The number of ether oxygens (including phenoxy) is 1. The largest absolute Gasteiger partial charge is 0.497 e. The molecule has 3 unspecified atom stereocenters. The topological polar surface area (TPSA) is 86.3 Å². The smallest absolute Gasteiger partial charge is 0.268 e. The normalized spacial score (nSPS) is 25.7. The van der Waals surface area contributed by atoms with E-state index >= 15 is 0 Å². The van der Waals surface area contributed by atoms with Crippen LogP contribution in [0.2, 0.25) is 0 Å². The second-order valence-corrected chi connectivity index (χ2v) is 7.88. The molecule has 0 radical (unpaired) electrons. The Morgan fingerprint density at radius 3 is 2.66 bits per heavy atom. The molecule has 1 saturated carbocycles. The summed E-state index contributed by atoms with van der Waals surface area (Å²) in [5.74, 6) is 1.46. The fourth-order valence-electron chi connectivity index (χ4n) is 4.70. The number of benzene rings is 1. The van der Waals surface area contributed by atoms with Crippen LogP contribution in [0.15, 0.2) is 29.4 Å². The molecule has 2 N–H and O–H groups in total. The van der Waals surface area contributed by atoms with Gasteiger partial charge in [0.05, 0.1) is 19.2 Å². The lowest BCUT2D eigenvalue weighted by atomic mass is 9.85. The second-order valence-electron chi connectivity index (χ2n) is 7.88. The summed E-state index contributed by atoms with van der Waals surface area (Å²) in [7, 11) is 1.60. The van der Waals surface area contributed by atoms with E-state index in [-0.39, 0.29) is 30.4 Å². The molecule has 1 aliphatic carbocycles. The van der Waals surface area contributed by atoms with E-state index in [1.54, 1.807) is 36.3 Å². The fourth-order valence-corrected chi connectivity index (χ4v) is 4.70. The van der Waals surface area contributed by atoms with Crippen LogP contribution >= 0.6 is 0 Å². The van der Waals surface area contributed by atoms with Crippen LogP contribution in [0.4, 0.5) is 5.69 Å². The highest BCUT2D eigenvalue weighted by molar-refractivity contribution is 5.98. The SMILES string of the molecule is CCCC1=NNC2C(=O)N(CC(=O)Nc3ccc(OC)cc3)C3CCCCC3N12. The molecule has 2 heterocycles. The van der Waals surface area contributed by atoms with Gasteiger partial charge in [0.1, 0.15) is 18.1 Å². The monoisotopic (exact) mass is 399 g/mol. The van der Waals surface area contributed by atoms with Crippen molar-refractivity contribution in [1.29, 1.82) is 0 Å². The number of hydrogen-bond donors (Lipinski definition) is 2. The average Bonchev–Trinajstić information content (AvgIpc) is 3.16. The molecule has 1 aromatic rings. The molecule has 8 nitrogen and oxygen atoms in total. The molecule has 0 bridgehead atoms. The van der Waals surface area contributed by atoms with E-state index in [0.29, 0.717) is 5.69 Å². The Balaban J connectivity index is 1.48. The molecule has 0 spiro atoms. The van der Waals surface area contributed by atoms with Gasteiger partial charge in [0.15, 0.2) is 6.17 Å². The molecule has 1 saturated heterocycles.